The molecule has 0 radical (unpaired) electrons. The third-order valence-electron chi connectivity index (χ3n) is 4.13. The lowest BCUT2D eigenvalue weighted by molar-refractivity contribution is 0.209. The summed E-state index contributed by atoms with van der Waals surface area (Å²) >= 11 is 0. The molecular weight excluding hydrogens is 376 g/mol. The van der Waals surface area contributed by atoms with Crippen molar-refractivity contribution in [2.45, 2.75) is 104 Å². The zero-order valence-corrected chi connectivity index (χ0v) is 18.5. The van der Waals surface area contributed by atoms with Gasteiger partial charge in [-0.15, -0.1) is 0 Å². The fourth-order valence-corrected chi connectivity index (χ4v) is 5.63. The van der Waals surface area contributed by atoms with Crippen molar-refractivity contribution in [3.63, 3.8) is 0 Å². The Balaban J connectivity index is 4.21. The fourth-order valence-electron chi connectivity index (χ4n) is 2.61. The molecule has 0 aliphatic carbocycles. The van der Waals surface area contributed by atoms with E-state index >= 15 is 0 Å². The van der Waals surface area contributed by atoms with Crippen LogP contribution in [0.25, 0.3) is 0 Å². The van der Waals surface area contributed by atoms with Gasteiger partial charge in [-0.2, -0.15) is 16.8 Å². The molecule has 0 rings (SSSR count). The molecule has 0 aliphatic rings. The highest BCUT2D eigenvalue weighted by atomic mass is 32.2. The second-order valence-electron chi connectivity index (χ2n) is 7.04. The van der Waals surface area contributed by atoms with E-state index in [1.165, 1.54) is 0 Å². The molecule has 0 spiro atoms. The van der Waals surface area contributed by atoms with E-state index < -0.39 is 43.9 Å². The number of hydrogen-bond acceptors (Lipinski definition) is 6. The molecule has 0 N–H and O–H groups in total. The van der Waals surface area contributed by atoms with Crippen molar-refractivity contribution in [3.05, 3.63) is 0 Å². The third-order valence-corrected chi connectivity index (χ3v) is 7.04. The molecule has 0 bridgehead atoms. The summed E-state index contributed by atoms with van der Waals surface area (Å²) in [5.74, 6) is -1.14. The molecule has 0 aliphatic heterocycles. The molecule has 0 aromatic carbocycles. The summed E-state index contributed by atoms with van der Waals surface area (Å²) in [6.45, 7) is 7.62. The van der Waals surface area contributed by atoms with Gasteiger partial charge in [0.15, 0.2) is 0 Å². The first-order valence-electron chi connectivity index (χ1n) is 9.93. The molecule has 8 heteroatoms. The van der Waals surface area contributed by atoms with Crippen LogP contribution in [0.1, 0.15) is 91.9 Å². The van der Waals surface area contributed by atoms with Crippen molar-refractivity contribution in [1.82, 2.24) is 0 Å². The molecule has 0 fully saturated rings. The van der Waals surface area contributed by atoms with Gasteiger partial charge in [-0.05, 0) is 26.7 Å². The molecule has 26 heavy (non-hydrogen) atoms. The number of rotatable bonds is 17. The summed E-state index contributed by atoms with van der Waals surface area (Å²) in [5, 5.41) is 0. The van der Waals surface area contributed by atoms with Crippen molar-refractivity contribution < 1.29 is 25.2 Å². The topological polar surface area (TPSA) is 86.7 Å². The maximum atomic E-state index is 12.0. The monoisotopic (exact) mass is 414 g/mol. The van der Waals surface area contributed by atoms with Gasteiger partial charge in [0.05, 0.1) is 23.7 Å². The smallest absolute Gasteiger partial charge is 0.267 e. The molecule has 2 atom stereocenters. The minimum absolute atomic E-state index is 0.432. The molecule has 0 heterocycles. The van der Waals surface area contributed by atoms with Crippen LogP contribution in [0.3, 0.4) is 0 Å². The Hall–Kier alpha value is -0.180. The first kappa shape index (κ1) is 25.8. The maximum Gasteiger partial charge on any atom is 0.268 e. The van der Waals surface area contributed by atoms with E-state index in [1.54, 1.807) is 13.8 Å². The maximum absolute atomic E-state index is 12.0. The van der Waals surface area contributed by atoms with Gasteiger partial charge in [0.2, 0.25) is 0 Å². The summed E-state index contributed by atoms with van der Waals surface area (Å²) in [6.07, 6.45) is 8.79. The van der Waals surface area contributed by atoms with Crippen LogP contribution in [0.15, 0.2) is 0 Å². The van der Waals surface area contributed by atoms with Gasteiger partial charge >= 0.3 is 0 Å². The van der Waals surface area contributed by atoms with Crippen molar-refractivity contribution in [1.29, 1.82) is 0 Å². The number of unbranched alkanes of at least 4 members (excludes halogenated alkanes) is 6. The molecule has 6 nitrogen and oxygen atoms in total. The van der Waals surface area contributed by atoms with Crippen molar-refractivity contribution in [3.8, 4) is 0 Å². The molecule has 0 aromatic rings. The molecule has 0 saturated heterocycles. The van der Waals surface area contributed by atoms with E-state index in [-0.39, 0.29) is 0 Å². The van der Waals surface area contributed by atoms with E-state index in [0.29, 0.717) is 12.8 Å². The van der Waals surface area contributed by atoms with E-state index in [2.05, 4.69) is 13.8 Å². The summed E-state index contributed by atoms with van der Waals surface area (Å²) in [6, 6.07) is 0. The van der Waals surface area contributed by atoms with Crippen LogP contribution in [-0.2, 0) is 28.6 Å². The summed E-state index contributed by atoms with van der Waals surface area (Å²) in [7, 11) is -7.75. The Morgan fingerprint density at radius 3 is 1.27 bits per heavy atom. The standard InChI is InChI=1S/C18H38O6S2/c1-5-7-9-11-13-17(3)23-25(19,20)15-16-26(21,22)24-18(4)14-12-10-8-6-2/h17-18H,5-16H2,1-4H3. The Labute approximate surface area is 161 Å². The van der Waals surface area contributed by atoms with Crippen LogP contribution < -0.4 is 0 Å². The zero-order chi connectivity index (χ0) is 20.1. The van der Waals surface area contributed by atoms with Gasteiger partial charge in [0, 0.05) is 0 Å². The minimum atomic E-state index is -3.88. The van der Waals surface area contributed by atoms with Crippen LogP contribution in [0.5, 0.6) is 0 Å². The Bertz CT molecular complexity index is 492. The van der Waals surface area contributed by atoms with Crippen LogP contribution >= 0.6 is 0 Å². The predicted molar refractivity (Wildman–Crippen MR) is 106 cm³/mol. The van der Waals surface area contributed by atoms with E-state index in [1.807, 2.05) is 0 Å². The lowest BCUT2D eigenvalue weighted by Crippen LogP contribution is -2.25. The lowest BCUT2D eigenvalue weighted by Gasteiger charge is -2.15. The third kappa shape index (κ3) is 14.9. The second-order valence-corrected chi connectivity index (χ2v) is 10.5. The minimum Gasteiger partial charge on any atom is -0.267 e. The van der Waals surface area contributed by atoms with Gasteiger partial charge in [-0.25, -0.2) is 0 Å². The summed E-state index contributed by atoms with van der Waals surface area (Å²) in [5.41, 5.74) is 0. The van der Waals surface area contributed by atoms with Gasteiger partial charge in [-0.3, -0.25) is 8.37 Å². The van der Waals surface area contributed by atoms with Crippen LogP contribution in [0.4, 0.5) is 0 Å². The summed E-state index contributed by atoms with van der Waals surface area (Å²) < 4.78 is 58.0. The van der Waals surface area contributed by atoms with Crippen molar-refractivity contribution >= 4 is 20.2 Å². The Morgan fingerprint density at radius 1 is 0.615 bits per heavy atom. The Morgan fingerprint density at radius 2 is 0.962 bits per heavy atom. The van der Waals surface area contributed by atoms with E-state index in [4.69, 9.17) is 8.37 Å². The van der Waals surface area contributed by atoms with Crippen molar-refractivity contribution in [2.24, 2.45) is 0 Å². The average Bonchev–Trinajstić information content (AvgIpc) is 2.53. The molecule has 2 unspecified atom stereocenters. The van der Waals surface area contributed by atoms with E-state index in [9.17, 15) is 16.8 Å². The van der Waals surface area contributed by atoms with E-state index in [0.717, 1.165) is 51.4 Å². The van der Waals surface area contributed by atoms with Gasteiger partial charge < -0.3 is 0 Å². The van der Waals surface area contributed by atoms with Gasteiger partial charge in [0.25, 0.3) is 20.2 Å². The molecule has 0 saturated carbocycles. The molecule has 158 valence electrons. The highest BCUT2D eigenvalue weighted by molar-refractivity contribution is 7.90. The lowest BCUT2D eigenvalue weighted by atomic mass is 10.1. The van der Waals surface area contributed by atoms with Crippen LogP contribution in [0.2, 0.25) is 0 Å². The predicted octanol–water partition coefficient (Wildman–Crippen LogP) is 4.40. The highest BCUT2D eigenvalue weighted by Crippen LogP contribution is 2.13. The largest absolute Gasteiger partial charge is 0.268 e. The molecular formula is C18H38O6S2. The van der Waals surface area contributed by atoms with Crippen LogP contribution in [0, 0.1) is 0 Å². The first-order chi connectivity index (χ1) is 12.1. The first-order valence-corrected chi connectivity index (χ1v) is 13.1. The molecule has 0 aromatic heterocycles. The summed E-state index contributed by atoms with van der Waals surface area (Å²) in [4.78, 5) is 0. The van der Waals surface area contributed by atoms with Crippen LogP contribution in [-0.4, -0.2) is 40.5 Å². The highest BCUT2D eigenvalue weighted by Gasteiger charge is 2.23. The average molecular weight is 415 g/mol. The van der Waals surface area contributed by atoms with Gasteiger partial charge in [0.1, 0.15) is 0 Å². The van der Waals surface area contributed by atoms with Gasteiger partial charge in [-0.1, -0.05) is 65.2 Å². The Kier molecular flexibility index (Phi) is 13.8. The quantitative estimate of drug-likeness (QED) is 0.259. The van der Waals surface area contributed by atoms with Crippen molar-refractivity contribution in [2.75, 3.05) is 11.5 Å². The normalized spacial score (nSPS) is 15.1. The fraction of sp³-hybridized carbons (Fsp3) is 1.00. The number of hydrogen-bond donors (Lipinski definition) is 0. The SMILES string of the molecule is CCCCCCC(C)OS(=O)(=O)CCS(=O)(=O)OC(C)CCCCCC. The zero-order valence-electron chi connectivity index (χ0n) is 16.9. The molecule has 0 amide bonds. The second kappa shape index (κ2) is 13.9.